The summed E-state index contributed by atoms with van der Waals surface area (Å²) in [6.07, 6.45) is 0.188. The third-order valence-corrected chi connectivity index (χ3v) is 5.74. The van der Waals surface area contributed by atoms with Crippen molar-refractivity contribution in [3.8, 4) is 0 Å². The molecule has 0 aliphatic rings. The minimum atomic E-state index is -3.80. The van der Waals surface area contributed by atoms with Crippen LogP contribution >= 0.6 is 11.6 Å². The topological polar surface area (TPSA) is 124 Å². The first-order chi connectivity index (χ1) is 14.5. The third-order valence-electron chi connectivity index (χ3n) is 4.58. The summed E-state index contributed by atoms with van der Waals surface area (Å²) < 4.78 is 24.3. The minimum Gasteiger partial charge on any atom is -0.326 e. The molecule has 0 saturated carbocycles. The zero-order valence-corrected chi connectivity index (χ0v) is 18.7. The number of carbonyl (C=O) groups excluding carboxylic acids is 1. The average molecular weight is 463 g/mol. The van der Waals surface area contributed by atoms with E-state index in [0.717, 1.165) is 0 Å². The van der Waals surface area contributed by atoms with Gasteiger partial charge in [0.1, 0.15) is 5.69 Å². The number of nitrogens with one attached hydrogen (secondary N) is 1. The van der Waals surface area contributed by atoms with Gasteiger partial charge >= 0.3 is 0 Å². The molecule has 0 saturated heterocycles. The number of anilines is 1. The number of halogens is 1. The Bertz CT molecular complexity index is 1290. The quantitative estimate of drug-likeness (QED) is 0.558. The maximum atomic E-state index is 13.0. The highest BCUT2D eigenvalue weighted by molar-refractivity contribution is 7.89. The summed E-state index contributed by atoms with van der Waals surface area (Å²) in [5, 5.41) is 8.25. The molecule has 0 fully saturated rings. The van der Waals surface area contributed by atoms with Crippen LogP contribution in [0.1, 0.15) is 26.0 Å². The van der Waals surface area contributed by atoms with Gasteiger partial charge in [0, 0.05) is 30.1 Å². The van der Waals surface area contributed by atoms with Crippen LogP contribution in [0.15, 0.2) is 52.2 Å². The fourth-order valence-electron chi connectivity index (χ4n) is 3.17. The monoisotopic (exact) mass is 462 g/mol. The van der Waals surface area contributed by atoms with Gasteiger partial charge < -0.3 is 9.88 Å². The number of rotatable bonds is 7. The van der Waals surface area contributed by atoms with E-state index in [1.54, 1.807) is 22.8 Å². The Morgan fingerprint density at radius 1 is 1.19 bits per heavy atom. The molecule has 0 radical (unpaired) electrons. The van der Waals surface area contributed by atoms with Gasteiger partial charge in [-0.3, -0.25) is 9.59 Å². The number of fused-ring (bicyclic) bond motifs is 1. The van der Waals surface area contributed by atoms with Crippen LogP contribution in [0.4, 0.5) is 5.69 Å². The van der Waals surface area contributed by atoms with E-state index in [2.05, 4.69) is 10.3 Å². The second-order valence-corrected chi connectivity index (χ2v) is 9.62. The van der Waals surface area contributed by atoms with E-state index in [1.807, 2.05) is 13.8 Å². The predicted molar refractivity (Wildman–Crippen MR) is 121 cm³/mol. The van der Waals surface area contributed by atoms with Crippen molar-refractivity contribution in [3.05, 3.63) is 63.5 Å². The SMILES string of the molecule is CC(C)Cn1c(=O)c(CCC(=O)Nc2ccc(S(N)(=O)=O)cc2)nc2cc(Cl)ccc21. The Morgan fingerprint density at radius 3 is 2.48 bits per heavy atom. The molecule has 3 rings (SSSR count). The van der Waals surface area contributed by atoms with E-state index in [1.165, 1.54) is 24.3 Å². The van der Waals surface area contributed by atoms with Gasteiger partial charge in [-0.15, -0.1) is 0 Å². The number of nitrogens with two attached hydrogens (primary N) is 1. The van der Waals surface area contributed by atoms with Crippen molar-refractivity contribution < 1.29 is 13.2 Å². The van der Waals surface area contributed by atoms with Crippen LogP contribution in [0.2, 0.25) is 5.02 Å². The molecule has 3 N–H and O–H groups in total. The molecule has 31 heavy (non-hydrogen) atoms. The van der Waals surface area contributed by atoms with E-state index >= 15 is 0 Å². The van der Waals surface area contributed by atoms with E-state index in [0.29, 0.717) is 28.3 Å². The van der Waals surface area contributed by atoms with Crippen LogP contribution in [0.25, 0.3) is 11.0 Å². The van der Waals surface area contributed by atoms with Crippen LogP contribution in [0.3, 0.4) is 0 Å². The molecule has 8 nitrogen and oxygen atoms in total. The highest BCUT2D eigenvalue weighted by Crippen LogP contribution is 2.18. The number of amides is 1. The fourth-order valence-corrected chi connectivity index (χ4v) is 3.85. The van der Waals surface area contributed by atoms with Crippen LogP contribution in [-0.4, -0.2) is 23.9 Å². The molecule has 0 aliphatic heterocycles. The lowest BCUT2D eigenvalue weighted by Gasteiger charge is -2.14. The second-order valence-electron chi connectivity index (χ2n) is 7.62. The zero-order valence-electron chi connectivity index (χ0n) is 17.1. The normalized spacial score (nSPS) is 11.8. The number of sulfonamides is 1. The van der Waals surface area contributed by atoms with E-state index in [-0.39, 0.29) is 40.8 Å². The number of hydrogen-bond acceptors (Lipinski definition) is 5. The van der Waals surface area contributed by atoms with Crippen LogP contribution in [0, 0.1) is 5.92 Å². The number of aromatic nitrogens is 2. The largest absolute Gasteiger partial charge is 0.326 e. The molecule has 0 aliphatic carbocycles. The molecule has 10 heteroatoms. The third kappa shape index (κ3) is 5.69. The molecule has 0 spiro atoms. The molecule has 0 bridgehead atoms. The van der Waals surface area contributed by atoms with Crippen molar-refractivity contribution in [2.24, 2.45) is 11.1 Å². The summed E-state index contributed by atoms with van der Waals surface area (Å²) in [6.45, 7) is 4.56. The number of aryl methyl sites for hydroxylation is 1. The number of hydrogen-bond donors (Lipinski definition) is 2. The summed E-state index contributed by atoms with van der Waals surface area (Å²) in [6, 6.07) is 10.7. The first-order valence-corrected chi connectivity index (χ1v) is 11.6. The van der Waals surface area contributed by atoms with Crippen LogP contribution < -0.4 is 16.0 Å². The highest BCUT2D eigenvalue weighted by atomic mass is 35.5. The molecule has 0 atom stereocenters. The summed E-state index contributed by atoms with van der Waals surface area (Å²) in [4.78, 5) is 29.7. The lowest BCUT2D eigenvalue weighted by Crippen LogP contribution is -2.28. The van der Waals surface area contributed by atoms with Crippen molar-refractivity contribution in [2.75, 3.05) is 5.32 Å². The van der Waals surface area contributed by atoms with Gasteiger partial charge in [0.2, 0.25) is 15.9 Å². The molecule has 1 amide bonds. The van der Waals surface area contributed by atoms with Gasteiger partial charge in [0.25, 0.3) is 5.56 Å². The van der Waals surface area contributed by atoms with E-state index in [4.69, 9.17) is 16.7 Å². The lowest BCUT2D eigenvalue weighted by atomic mass is 10.1. The number of nitrogens with zero attached hydrogens (tertiary/aromatic N) is 2. The number of benzene rings is 2. The number of carbonyl (C=O) groups is 1. The molecule has 1 heterocycles. The Hall–Kier alpha value is -2.75. The summed E-state index contributed by atoms with van der Waals surface area (Å²) in [7, 11) is -3.80. The summed E-state index contributed by atoms with van der Waals surface area (Å²) in [5.41, 5.74) is 1.78. The van der Waals surface area contributed by atoms with Crippen LogP contribution in [-0.2, 0) is 27.8 Å². The van der Waals surface area contributed by atoms with Crippen molar-refractivity contribution in [2.45, 2.75) is 38.1 Å². The van der Waals surface area contributed by atoms with Gasteiger partial charge in [-0.25, -0.2) is 18.5 Å². The Balaban J connectivity index is 1.79. The fraction of sp³-hybridized carbons (Fsp3) is 0.286. The van der Waals surface area contributed by atoms with Gasteiger partial charge in [-0.1, -0.05) is 25.4 Å². The van der Waals surface area contributed by atoms with Gasteiger partial charge in [0.15, 0.2) is 0 Å². The highest BCUT2D eigenvalue weighted by Gasteiger charge is 2.14. The van der Waals surface area contributed by atoms with Crippen LogP contribution in [0.5, 0.6) is 0 Å². The first-order valence-electron chi connectivity index (χ1n) is 9.66. The van der Waals surface area contributed by atoms with Gasteiger partial charge in [-0.2, -0.15) is 0 Å². The second kappa shape index (κ2) is 9.17. The maximum Gasteiger partial charge on any atom is 0.272 e. The molecular formula is C21H23ClN4O4S. The van der Waals surface area contributed by atoms with Gasteiger partial charge in [-0.05, 0) is 48.4 Å². The smallest absolute Gasteiger partial charge is 0.272 e. The van der Waals surface area contributed by atoms with Crippen molar-refractivity contribution in [1.29, 1.82) is 0 Å². The van der Waals surface area contributed by atoms with E-state index < -0.39 is 10.0 Å². The summed E-state index contributed by atoms with van der Waals surface area (Å²) >= 11 is 6.09. The first kappa shape index (κ1) is 22.9. The standard InChI is InChI=1S/C21H23ClN4O4S/c1-13(2)12-26-19-9-3-14(22)11-18(19)25-17(21(26)28)8-10-20(27)24-15-4-6-16(7-5-15)31(23,29)30/h3-7,9,11,13H,8,10,12H2,1-2H3,(H,24,27)(H2,23,29,30). The zero-order chi connectivity index (χ0) is 22.8. The molecule has 0 unspecified atom stereocenters. The van der Waals surface area contributed by atoms with E-state index in [9.17, 15) is 18.0 Å². The molecular weight excluding hydrogens is 440 g/mol. The maximum absolute atomic E-state index is 13.0. The molecule has 164 valence electrons. The average Bonchev–Trinajstić information content (AvgIpc) is 2.68. The summed E-state index contributed by atoms with van der Waals surface area (Å²) in [5.74, 6) is -0.0819. The Kier molecular flexibility index (Phi) is 6.78. The Labute approximate surface area is 185 Å². The Morgan fingerprint density at radius 2 is 1.87 bits per heavy atom. The molecule has 2 aromatic carbocycles. The predicted octanol–water partition coefficient (Wildman–Crippen LogP) is 2.92. The molecule has 1 aromatic heterocycles. The lowest BCUT2D eigenvalue weighted by molar-refractivity contribution is -0.116. The van der Waals surface area contributed by atoms with Gasteiger partial charge in [0.05, 0.1) is 15.9 Å². The number of primary sulfonamides is 1. The van der Waals surface area contributed by atoms with Crippen molar-refractivity contribution in [3.63, 3.8) is 0 Å². The molecule has 3 aromatic rings. The van der Waals surface area contributed by atoms with Crippen molar-refractivity contribution >= 4 is 44.3 Å². The minimum absolute atomic E-state index is 0.0347. The van der Waals surface area contributed by atoms with Crippen molar-refractivity contribution in [1.82, 2.24) is 9.55 Å².